The van der Waals surface area contributed by atoms with Crippen molar-refractivity contribution in [2.75, 3.05) is 19.5 Å². The number of halogens is 4. The minimum atomic E-state index is -1.84. The van der Waals surface area contributed by atoms with E-state index in [2.05, 4.69) is 38.5 Å². The summed E-state index contributed by atoms with van der Waals surface area (Å²) in [5, 5.41) is 8.70. The number of hydrogen-bond donors (Lipinski definition) is 3. The number of carbonyl (C=O) groups excluding carboxylic acids is 1. The summed E-state index contributed by atoms with van der Waals surface area (Å²) in [5.41, 5.74) is 1.49. The van der Waals surface area contributed by atoms with Gasteiger partial charge < -0.3 is 25.4 Å². The van der Waals surface area contributed by atoms with Gasteiger partial charge in [0.2, 0.25) is 9.70 Å². The van der Waals surface area contributed by atoms with Crippen molar-refractivity contribution in [2.24, 2.45) is 0 Å². The average Bonchev–Trinajstić information content (AvgIpc) is 2.68. The molecule has 2 aromatic carbocycles. The first-order valence-electron chi connectivity index (χ1n) is 8.53. The molecule has 3 N–H and O–H groups in total. The molecule has 0 saturated carbocycles. The zero-order chi connectivity index (χ0) is 22.3. The lowest BCUT2D eigenvalue weighted by Gasteiger charge is -2.28. The van der Waals surface area contributed by atoms with Crippen LogP contribution in [0, 0.1) is 3.57 Å². The van der Waals surface area contributed by atoms with Crippen molar-refractivity contribution in [1.82, 2.24) is 10.6 Å². The second-order valence-electron chi connectivity index (χ2n) is 5.99. The van der Waals surface area contributed by atoms with E-state index in [-0.39, 0.29) is 17.4 Å². The van der Waals surface area contributed by atoms with Gasteiger partial charge in [-0.15, -0.1) is 0 Å². The monoisotopic (exact) mass is 601 g/mol. The molecular formula is C19H19Cl3IN3O3S. The summed E-state index contributed by atoms with van der Waals surface area (Å²) >= 11 is 25.6. The maximum absolute atomic E-state index is 12.6. The number of anilines is 1. The van der Waals surface area contributed by atoms with Crippen molar-refractivity contribution in [3.05, 3.63) is 51.6 Å². The largest absolute Gasteiger partial charge is 0.493 e. The van der Waals surface area contributed by atoms with Crippen molar-refractivity contribution >= 4 is 86.3 Å². The molecular weight excluding hydrogens is 584 g/mol. The zero-order valence-corrected chi connectivity index (χ0v) is 21.2. The third-order valence-electron chi connectivity index (χ3n) is 3.84. The summed E-state index contributed by atoms with van der Waals surface area (Å²) < 4.78 is 9.57. The fourth-order valence-corrected chi connectivity index (χ4v) is 3.52. The Hall–Kier alpha value is -1.20. The van der Waals surface area contributed by atoms with Gasteiger partial charge in [0.05, 0.1) is 26.3 Å². The van der Waals surface area contributed by atoms with Gasteiger partial charge in [-0.05, 0) is 64.6 Å². The molecule has 0 saturated heterocycles. The molecule has 0 aliphatic carbocycles. The number of nitrogens with one attached hydrogen (secondary N) is 3. The Bertz CT molecular complexity index is 912. The van der Waals surface area contributed by atoms with Crippen LogP contribution >= 0.6 is 69.6 Å². The van der Waals surface area contributed by atoms with E-state index in [0.717, 1.165) is 9.26 Å². The summed E-state index contributed by atoms with van der Waals surface area (Å²) in [6.45, 7) is 0. The fraction of sp³-hybridized carbons (Fsp3) is 0.263. The lowest BCUT2D eigenvalue weighted by atomic mass is 10.1. The molecule has 2 aromatic rings. The van der Waals surface area contributed by atoms with Crippen molar-refractivity contribution in [2.45, 2.75) is 16.4 Å². The Morgan fingerprint density at radius 1 is 1.10 bits per heavy atom. The molecule has 0 heterocycles. The van der Waals surface area contributed by atoms with E-state index in [1.165, 1.54) is 14.2 Å². The van der Waals surface area contributed by atoms with Gasteiger partial charge in [0.15, 0.2) is 16.6 Å². The number of thiocarbonyl (C=S) groups is 1. The Kier molecular flexibility index (Phi) is 9.55. The summed E-state index contributed by atoms with van der Waals surface area (Å²) in [4.78, 5) is 12.6. The normalized spacial score (nSPS) is 11.9. The molecule has 0 aromatic heterocycles. The first-order valence-corrected chi connectivity index (χ1v) is 11.1. The quantitative estimate of drug-likeness (QED) is 0.186. The molecule has 2 rings (SSSR count). The van der Waals surface area contributed by atoms with Crippen LogP contribution in [0.5, 0.6) is 11.5 Å². The predicted molar refractivity (Wildman–Crippen MR) is 134 cm³/mol. The predicted octanol–water partition coefficient (Wildman–Crippen LogP) is 4.65. The van der Waals surface area contributed by atoms with Crippen LogP contribution < -0.4 is 25.4 Å². The van der Waals surface area contributed by atoms with Crippen LogP contribution in [0.2, 0.25) is 0 Å². The first-order chi connectivity index (χ1) is 14.1. The van der Waals surface area contributed by atoms with Gasteiger partial charge in [-0.25, -0.2) is 0 Å². The van der Waals surface area contributed by atoms with Crippen molar-refractivity contribution < 1.29 is 14.3 Å². The summed E-state index contributed by atoms with van der Waals surface area (Å²) in [6.07, 6.45) is -1.02. The molecule has 0 fully saturated rings. The number of benzene rings is 2. The van der Waals surface area contributed by atoms with E-state index in [1.54, 1.807) is 18.2 Å². The van der Waals surface area contributed by atoms with Crippen molar-refractivity contribution in [1.29, 1.82) is 0 Å². The number of rotatable bonds is 7. The number of alkyl halides is 3. The highest BCUT2D eigenvalue weighted by Gasteiger charge is 2.34. The van der Waals surface area contributed by atoms with Gasteiger partial charge in [-0.3, -0.25) is 4.79 Å². The van der Waals surface area contributed by atoms with Crippen molar-refractivity contribution in [3.63, 3.8) is 0 Å². The summed E-state index contributed by atoms with van der Waals surface area (Å²) in [5.74, 6) is 0.708. The third kappa shape index (κ3) is 7.49. The standard InChI is InChI=1S/C19H19Cl3IN3O3S/c1-28-14-8-7-11(9-15(14)29-2)10-16(27)25-17(19(20,21)22)26-18(30)24-13-6-4-3-5-12(13)23/h3-9,17H,10H2,1-2H3,(H,25,27)(H2,24,26,30). The Morgan fingerprint density at radius 2 is 1.77 bits per heavy atom. The fourth-order valence-electron chi connectivity index (χ4n) is 2.44. The highest BCUT2D eigenvalue weighted by Crippen LogP contribution is 2.30. The zero-order valence-electron chi connectivity index (χ0n) is 16.0. The van der Waals surface area contributed by atoms with E-state index in [4.69, 9.17) is 56.5 Å². The van der Waals surface area contributed by atoms with Crippen LogP contribution in [0.1, 0.15) is 5.56 Å². The molecule has 1 amide bonds. The van der Waals surface area contributed by atoms with Gasteiger partial charge in [0, 0.05) is 3.57 Å². The topological polar surface area (TPSA) is 71.6 Å². The SMILES string of the molecule is COc1ccc(CC(=O)NC(NC(=S)Nc2ccccc2I)C(Cl)(Cl)Cl)cc1OC. The van der Waals surface area contributed by atoms with Gasteiger partial charge in [-0.1, -0.05) is 53.0 Å². The lowest BCUT2D eigenvalue weighted by molar-refractivity contribution is -0.121. The van der Waals surface area contributed by atoms with Crippen LogP contribution in [0.15, 0.2) is 42.5 Å². The van der Waals surface area contributed by atoms with E-state index in [1.807, 2.05) is 24.3 Å². The van der Waals surface area contributed by atoms with E-state index in [0.29, 0.717) is 17.1 Å². The minimum Gasteiger partial charge on any atom is -0.493 e. The second-order valence-corrected chi connectivity index (χ2v) is 9.93. The van der Waals surface area contributed by atoms with Gasteiger partial charge in [-0.2, -0.15) is 0 Å². The molecule has 6 nitrogen and oxygen atoms in total. The maximum atomic E-state index is 12.6. The van der Waals surface area contributed by atoms with Crippen LogP contribution in [-0.2, 0) is 11.2 Å². The molecule has 11 heteroatoms. The minimum absolute atomic E-state index is 0.0378. The van der Waals surface area contributed by atoms with Crippen LogP contribution in [0.4, 0.5) is 5.69 Å². The molecule has 1 unspecified atom stereocenters. The molecule has 30 heavy (non-hydrogen) atoms. The van der Waals surface area contributed by atoms with E-state index < -0.39 is 9.96 Å². The number of para-hydroxylation sites is 1. The smallest absolute Gasteiger partial charge is 0.228 e. The second kappa shape index (κ2) is 11.4. The van der Waals surface area contributed by atoms with E-state index in [9.17, 15) is 4.79 Å². The van der Waals surface area contributed by atoms with Crippen LogP contribution in [-0.4, -0.2) is 35.2 Å². The molecule has 0 spiro atoms. The Morgan fingerprint density at radius 3 is 2.37 bits per heavy atom. The molecule has 0 bridgehead atoms. The molecule has 0 radical (unpaired) electrons. The molecule has 0 aliphatic heterocycles. The van der Waals surface area contributed by atoms with Crippen molar-refractivity contribution in [3.8, 4) is 11.5 Å². The Balaban J connectivity index is 2.04. The van der Waals surface area contributed by atoms with E-state index >= 15 is 0 Å². The number of methoxy groups -OCH3 is 2. The van der Waals surface area contributed by atoms with Gasteiger partial charge in [0.1, 0.15) is 6.17 Å². The number of amides is 1. The lowest BCUT2D eigenvalue weighted by Crippen LogP contribution is -2.56. The highest BCUT2D eigenvalue weighted by molar-refractivity contribution is 14.1. The van der Waals surface area contributed by atoms with Crippen LogP contribution in [0.25, 0.3) is 0 Å². The van der Waals surface area contributed by atoms with Gasteiger partial charge in [0.25, 0.3) is 0 Å². The summed E-state index contributed by atoms with van der Waals surface area (Å²) in [6, 6.07) is 12.7. The molecule has 0 aliphatic rings. The number of carbonyl (C=O) groups is 1. The summed E-state index contributed by atoms with van der Waals surface area (Å²) in [7, 11) is 3.06. The number of ether oxygens (including phenoxy) is 2. The molecule has 162 valence electrons. The highest BCUT2D eigenvalue weighted by atomic mass is 127. The molecule has 1 atom stereocenters. The van der Waals surface area contributed by atoms with Crippen LogP contribution in [0.3, 0.4) is 0 Å². The Labute approximate surface area is 209 Å². The first kappa shape index (κ1) is 25.1. The third-order valence-corrected chi connectivity index (χ3v) is 5.66. The number of hydrogen-bond acceptors (Lipinski definition) is 4. The van der Waals surface area contributed by atoms with Gasteiger partial charge >= 0.3 is 0 Å². The maximum Gasteiger partial charge on any atom is 0.228 e. The average molecular weight is 603 g/mol.